The first kappa shape index (κ1) is 15.7. The van der Waals surface area contributed by atoms with Gasteiger partial charge in [0.05, 0.1) is 31.4 Å². The number of sulfonamides is 1. The van der Waals surface area contributed by atoms with Gasteiger partial charge in [-0.25, -0.2) is 8.42 Å². The number of anilines is 1. The molecule has 116 valence electrons. The number of pyridine rings is 1. The molecule has 2 heterocycles. The lowest BCUT2D eigenvalue weighted by Gasteiger charge is -2.29. The highest BCUT2D eigenvalue weighted by molar-refractivity contribution is 7.92. The van der Waals surface area contributed by atoms with Gasteiger partial charge in [-0.1, -0.05) is 0 Å². The van der Waals surface area contributed by atoms with Gasteiger partial charge >= 0.3 is 0 Å². The quantitative estimate of drug-likeness (QED) is 0.782. The Bertz CT molecular complexity index is 594. The highest BCUT2D eigenvalue weighted by Crippen LogP contribution is 2.17. The Morgan fingerprint density at radius 2 is 2.05 bits per heavy atom. The van der Waals surface area contributed by atoms with Crippen LogP contribution in [0.15, 0.2) is 18.3 Å². The van der Waals surface area contributed by atoms with E-state index in [0.717, 1.165) is 16.3 Å². The van der Waals surface area contributed by atoms with Crippen LogP contribution in [0.1, 0.15) is 5.69 Å². The fourth-order valence-corrected chi connectivity index (χ4v) is 2.88. The van der Waals surface area contributed by atoms with Gasteiger partial charge in [-0.3, -0.25) is 14.1 Å². The molecular formula is C13H19N3O4S. The zero-order chi connectivity index (χ0) is 15.5. The van der Waals surface area contributed by atoms with E-state index in [2.05, 4.69) is 4.98 Å². The summed E-state index contributed by atoms with van der Waals surface area (Å²) in [5.41, 5.74) is 1.18. The van der Waals surface area contributed by atoms with Crippen LogP contribution in [0.2, 0.25) is 0 Å². The molecule has 8 heteroatoms. The van der Waals surface area contributed by atoms with Gasteiger partial charge in [-0.15, -0.1) is 0 Å². The summed E-state index contributed by atoms with van der Waals surface area (Å²) in [7, 11) is -3.55. The Morgan fingerprint density at radius 3 is 2.57 bits per heavy atom. The van der Waals surface area contributed by atoms with E-state index in [1.165, 1.54) is 6.20 Å². The second-order valence-electron chi connectivity index (χ2n) is 4.92. The summed E-state index contributed by atoms with van der Waals surface area (Å²) in [6, 6.07) is 3.36. The minimum Gasteiger partial charge on any atom is -0.378 e. The van der Waals surface area contributed by atoms with Gasteiger partial charge in [0.2, 0.25) is 15.9 Å². The van der Waals surface area contributed by atoms with Crippen LogP contribution >= 0.6 is 0 Å². The summed E-state index contributed by atoms with van der Waals surface area (Å²) in [6.45, 7) is 3.54. The number of morpholine rings is 1. The standard InChI is InChI=1S/C13H19N3O4S/c1-11-3-4-12(9-14-11)16(21(2,18)19)10-13(17)15-5-7-20-8-6-15/h3-4,9H,5-8,10H2,1-2H3. The molecule has 0 unspecified atom stereocenters. The summed E-state index contributed by atoms with van der Waals surface area (Å²) in [4.78, 5) is 17.9. The van der Waals surface area contributed by atoms with Crippen molar-refractivity contribution in [2.24, 2.45) is 0 Å². The Hall–Kier alpha value is -1.67. The molecule has 0 aliphatic carbocycles. The average molecular weight is 313 g/mol. The minimum absolute atomic E-state index is 0.219. The molecule has 1 aromatic rings. The van der Waals surface area contributed by atoms with Gasteiger partial charge in [-0.2, -0.15) is 0 Å². The van der Waals surface area contributed by atoms with Crippen molar-refractivity contribution in [3.05, 3.63) is 24.0 Å². The molecule has 2 rings (SSSR count). The number of aromatic nitrogens is 1. The van der Waals surface area contributed by atoms with Crippen LogP contribution in [0.3, 0.4) is 0 Å². The maximum Gasteiger partial charge on any atom is 0.243 e. The normalized spacial score (nSPS) is 15.8. The Morgan fingerprint density at radius 1 is 1.38 bits per heavy atom. The molecule has 0 bridgehead atoms. The van der Waals surface area contributed by atoms with Gasteiger partial charge in [-0.05, 0) is 19.1 Å². The molecule has 0 saturated carbocycles. The number of hydrogen-bond acceptors (Lipinski definition) is 5. The molecule has 0 radical (unpaired) electrons. The summed E-state index contributed by atoms with van der Waals surface area (Å²) in [6.07, 6.45) is 2.54. The summed E-state index contributed by atoms with van der Waals surface area (Å²) in [5.74, 6) is -0.232. The van der Waals surface area contributed by atoms with Crippen LogP contribution in [-0.4, -0.2) is 63.3 Å². The third kappa shape index (κ3) is 4.15. The summed E-state index contributed by atoms with van der Waals surface area (Å²) in [5, 5.41) is 0. The summed E-state index contributed by atoms with van der Waals surface area (Å²) < 4.78 is 30.1. The number of carbonyl (C=O) groups excluding carboxylic acids is 1. The number of hydrogen-bond donors (Lipinski definition) is 0. The maximum absolute atomic E-state index is 12.2. The smallest absolute Gasteiger partial charge is 0.243 e. The molecule has 1 saturated heterocycles. The second-order valence-corrected chi connectivity index (χ2v) is 6.83. The molecular weight excluding hydrogens is 294 g/mol. The van der Waals surface area contributed by atoms with Gasteiger partial charge in [0, 0.05) is 18.8 Å². The van der Waals surface area contributed by atoms with Gasteiger partial charge in [0.1, 0.15) is 6.54 Å². The number of carbonyl (C=O) groups is 1. The lowest BCUT2D eigenvalue weighted by molar-refractivity contribution is -0.133. The highest BCUT2D eigenvalue weighted by atomic mass is 32.2. The van der Waals surface area contributed by atoms with E-state index in [1.807, 2.05) is 6.92 Å². The van der Waals surface area contributed by atoms with Crippen LogP contribution in [0, 0.1) is 6.92 Å². The van der Waals surface area contributed by atoms with E-state index in [1.54, 1.807) is 17.0 Å². The van der Waals surface area contributed by atoms with E-state index in [9.17, 15) is 13.2 Å². The Labute approximate surface area is 124 Å². The molecule has 0 atom stereocenters. The lowest BCUT2D eigenvalue weighted by atomic mass is 10.3. The molecule has 1 fully saturated rings. The van der Waals surface area contributed by atoms with E-state index in [4.69, 9.17) is 4.74 Å². The van der Waals surface area contributed by atoms with Crippen molar-refractivity contribution >= 4 is 21.6 Å². The van der Waals surface area contributed by atoms with Crippen molar-refractivity contribution in [1.82, 2.24) is 9.88 Å². The minimum atomic E-state index is -3.55. The summed E-state index contributed by atoms with van der Waals surface area (Å²) >= 11 is 0. The first-order chi connectivity index (χ1) is 9.88. The van der Waals surface area contributed by atoms with Crippen molar-refractivity contribution in [2.45, 2.75) is 6.92 Å². The van der Waals surface area contributed by atoms with Crippen molar-refractivity contribution in [2.75, 3.05) is 43.4 Å². The van der Waals surface area contributed by atoms with Gasteiger partial charge in [0.25, 0.3) is 0 Å². The molecule has 1 aliphatic rings. The highest BCUT2D eigenvalue weighted by Gasteiger charge is 2.25. The lowest BCUT2D eigenvalue weighted by Crippen LogP contribution is -2.47. The molecule has 1 aromatic heterocycles. The monoisotopic (exact) mass is 313 g/mol. The van der Waals surface area contributed by atoms with E-state index >= 15 is 0 Å². The number of amides is 1. The number of rotatable bonds is 4. The average Bonchev–Trinajstić information content (AvgIpc) is 2.45. The van der Waals surface area contributed by atoms with Crippen molar-refractivity contribution in [3.8, 4) is 0 Å². The van der Waals surface area contributed by atoms with Crippen LogP contribution in [-0.2, 0) is 19.6 Å². The largest absolute Gasteiger partial charge is 0.378 e. The first-order valence-corrected chi connectivity index (χ1v) is 8.48. The van der Waals surface area contributed by atoms with Crippen molar-refractivity contribution in [1.29, 1.82) is 0 Å². The molecule has 0 aromatic carbocycles. The van der Waals surface area contributed by atoms with E-state index in [-0.39, 0.29) is 12.5 Å². The maximum atomic E-state index is 12.2. The second kappa shape index (κ2) is 6.40. The van der Waals surface area contributed by atoms with Crippen LogP contribution < -0.4 is 4.31 Å². The SMILES string of the molecule is Cc1ccc(N(CC(=O)N2CCOCC2)S(C)(=O)=O)cn1. The van der Waals surface area contributed by atoms with Crippen molar-refractivity contribution < 1.29 is 17.9 Å². The van der Waals surface area contributed by atoms with Gasteiger partial charge < -0.3 is 9.64 Å². The fraction of sp³-hybridized carbons (Fsp3) is 0.538. The topological polar surface area (TPSA) is 79.8 Å². The zero-order valence-electron chi connectivity index (χ0n) is 12.2. The third-order valence-electron chi connectivity index (χ3n) is 3.23. The predicted molar refractivity (Wildman–Crippen MR) is 78.6 cm³/mol. The molecule has 1 amide bonds. The number of nitrogens with zero attached hydrogens (tertiary/aromatic N) is 3. The molecule has 0 N–H and O–H groups in total. The van der Waals surface area contributed by atoms with Crippen LogP contribution in [0.25, 0.3) is 0 Å². The van der Waals surface area contributed by atoms with Crippen LogP contribution in [0.4, 0.5) is 5.69 Å². The van der Waals surface area contributed by atoms with Crippen LogP contribution in [0.5, 0.6) is 0 Å². The number of ether oxygens (including phenoxy) is 1. The molecule has 21 heavy (non-hydrogen) atoms. The molecule has 7 nitrogen and oxygen atoms in total. The first-order valence-electron chi connectivity index (χ1n) is 6.64. The van der Waals surface area contributed by atoms with Crippen molar-refractivity contribution in [3.63, 3.8) is 0 Å². The van der Waals surface area contributed by atoms with E-state index in [0.29, 0.717) is 32.0 Å². The molecule has 1 aliphatic heterocycles. The Kier molecular flexibility index (Phi) is 4.79. The van der Waals surface area contributed by atoms with E-state index < -0.39 is 10.0 Å². The number of aryl methyl sites for hydroxylation is 1. The fourth-order valence-electron chi connectivity index (χ4n) is 2.04. The third-order valence-corrected chi connectivity index (χ3v) is 4.37. The molecule has 0 spiro atoms. The Balaban J connectivity index is 2.17. The van der Waals surface area contributed by atoms with Gasteiger partial charge in [0.15, 0.2) is 0 Å². The predicted octanol–water partition coefficient (Wildman–Crippen LogP) is 0.0148. The zero-order valence-corrected chi connectivity index (χ0v) is 13.0.